The van der Waals surface area contributed by atoms with Gasteiger partial charge >= 0.3 is 0 Å². The van der Waals surface area contributed by atoms with Crippen molar-refractivity contribution in [1.82, 2.24) is 20.0 Å². The monoisotopic (exact) mass is 418 g/mol. The molecule has 1 amide bonds. The molecule has 2 aromatic heterocycles. The number of nitrogens with one attached hydrogen (secondary N) is 1. The van der Waals surface area contributed by atoms with Crippen molar-refractivity contribution in [2.24, 2.45) is 0 Å². The standard InChI is InChI=1S/C23H22N4O2S/c1-24-22(28)17-11-9-16(10-12-17)14-26(2)15-27-23(29)19-7-4-3-6-18(19)21(25-27)20-8-5-13-30-20/h3-13H,14-15H2,1-2H3,(H,24,28). The van der Waals surface area contributed by atoms with E-state index in [9.17, 15) is 9.59 Å². The van der Waals surface area contributed by atoms with Crippen LogP contribution < -0.4 is 10.9 Å². The van der Waals surface area contributed by atoms with Crippen LogP contribution in [0.5, 0.6) is 0 Å². The summed E-state index contributed by atoms with van der Waals surface area (Å²) in [4.78, 5) is 27.8. The van der Waals surface area contributed by atoms with Crippen LogP contribution in [-0.4, -0.2) is 34.7 Å². The lowest BCUT2D eigenvalue weighted by Gasteiger charge is -2.19. The first-order valence-electron chi connectivity index (χ1n) is 9.60. The first-order valence-corrected chi connectivity index (χ1v) is 10.5. The minimum atomic E-state index is -0.108. The molecular formula is C23H22N4O2S. The van der Waals surface area contributed by atoms with Crippen LogP contribution in [0.4, 0.5) is 0 Å². The molecule has 0 radical (unpaired) electrons. The van der Waals surface area contributed by atoms with Gasteiger partial charge in [-0.25, -0.2) is 4.68 Å². The highest BCUT2D eigenvalue weighted by Gasteiger charge is 2.14. The molecule has 0 saturated heterocycles. The molecule has 0 unspecified atom stereocenters. The number of rotatable bonds is 6. The highest BCUT2D eigenvalue weighted by molar-refractivity contribution is 7.13. The molecule has 2 aromatic carbocycles. The zero-order valence-electron chi connectivity index (χ0n) is 16.8. The van der Waals surface area contributed by atoms with Crippen molar-refractivity contribution in [3.05, 3.63) is 87.5 Å². The van der Waals surface area contributed by atoms with Crippen molar-refractivity contribution in [3.8, 4) is 10.6 Å². The van der Waals surface area contributed by atoms with Gasteiger partial charge in [0.2, 0.25) is 0 Å². The zero-order chi connectivity index (χ0) is 21.1. The van der Waals surface area contributed by atoms with Gasteiger partial charge < -0.3 is 5.32 Å². The summed E-state index contributed by atoms with van der Waals surface area (Å²) >= 11 is 1.61. The van der Waals surface area contributed by atoms with Crippen molar-refractivity contribution < 1.29 is 4.79 Å². The number of benzene rings is 2. The lowest BCUT2D eigenvalue weighted by molar-refractivity contribution is 0.0963. The molecular weight excluding hydrogens is 396 g/mol. The summed E-state index contributed by atoms with van der Waals surface area (Å²) in [6.45, 7) is 0.989. The minimum absolute atomic E-state index is 0.104. The van der Waals surface area contributed by atoms with Gasteiger partial charge in [-0.05, 0) is 42.3 Å². The summed E-state index contributed by atoms with van der Waals surface area (Å²) in [5.74, 6) is -0.108. The van der Waals surface area contributed by atoms with E-state index in [0.29, 0.717) is 24.2 Å². The predicted molar refractivity (Wildman–Crippen MR) is 121 cm³/mol. The van der Waals surface area contributed by atoms with E-state index in [4.69, 9.17) is 5.10 Å². The average molecular weight is 419 g/mol. The molecule has 0 fully saturated rings. The second kappa shape index (κ2) is 8.61. The Morgan fingerprint density at radius 1 is 1.07 bits per heavy atom. The summed E-state index contributed by atoms with van der Waals surface area (Å²) in [6, 6.07) is 19.1. The number of aromatic nitrogens is 2. The van der Waals surface area contributed by atoms with Crippen LogP contribution in [0.15, 0.2) is 70.8 Å². The topological polar surface area (TPSA) is 67.2 Å². The van der Waals surface area contributed by atoms with Gasteiger partial charge in [-0.1, -0.05) is 36.4 Å². The van der Waals surface area contributed by atoms with Crippen LogP contribution in [0.25, 0.3) is 21.3 Å². The highest BCUT2D eigenvalue weighted by atomic mass is 32.1. The van der Waals surface area contributed by atoms with Crippen molar-refractivity contribution in [2.75, 3.05) is 14.1 Å². The van der Waals surface area contributed by atoms with Crippen LogP contribution in [0.3, 0.4) is 0 Å². The molecule has 0 bridgehead atoms. The number of carbonyl (C=O) groups is 1. The van der Waals surface area contributed by atoms with Crippen LogP contribution >= 0.6 is 11.3 Å². The third-order valence-corrected chi connectivity index (χ3v) is 5.77. The van der Waals surface area contributed by atoms with Gasteiger partial charge in [-0.2, -0.15) is 5.10 Å². The predicted octanol–water partition coefficient (Wildman–Crippen LogP) is 3.57. The molecule has 4 aromatic rings. The first-order chi connectivity index (χ1) is 14.6. The van der Waals surface area contributed by atoms with Crippen molar-refractivity contribution in [3.63, 3.8) is 0 Å². The molecule has 6 nitrogen and oxygen atoms in total. The van der Waals surface area contributed by atoms with E-state index in [-0.39, 0.29) is 11.5 Å². The smallest absolute Gasteiger partial charge is 0.275 e. The van der Waals surface area contributed by atoms with Gasteiger partial charge in [0.25, 0.3) is 11.5 Å². The third-order valence-electron chi connectivity index (χ3n) is 4.89. The number of amides is 1. The fourth-order valence-corrected chi connectivity index (χ4v) is 4.15. The largest absolute Gasteiger partial charge is 0.355 e. The molecule has 0 spiro atoms. The molecule has 30 heavy (non-hydrogen) atoms. The van der Waals surface area contributed by atoms with Gasteiger partial charge in [0.15, 0.2) is 0 Å². The van der Waals surface area contributed by atoms with Crippen molar-refractivity contribution in [2.45, 2.75) is 13.2 Å². The lowest BCUT2D eigenvalue weighted by atomic mass is 10.1. The SMILES string of the molecule is CNC(=O)c1ccc(CN(C)Cn2nc(-c3cccs3)c3ccccc3c2=O)cc1. The van der Waals surface area contributed by atoms with Crippen LogP contribution in [-0.2, 0) is 13.2 Å². The fraction of sp³-hybridized carbons (Fsp3) is 0.174. The first kappa shape index (κ1) is 20.0. The van der Waals surface area contributed by atoms with E-state index in [1.165, 1.54) is 4.68 Å². The average Bonchev–Trinajstić information content (AvgIpc) is 3.30. The summed E-state index contributed by atoms with van der Waals surface area (Å²) in [6.07, 6.45) is 0. The van der Waals surface area contributed by atoms with Gasteiger partial charge in [0.1, 0.15) is 5.69 Å². The van der Waals surface area contributed by atoms with Crippen LogP contribution in [0, 0.1) is 0 Å². The summed E-state index contributed by atoms with van der Waals surface area (Å²) < 4.78 is 1.52. The Bertz CT molecular complexity index is 1230. The quantitative estimate of drug-likeness (QED) is 0.520. The number of fused-ring (bicyclic) bond motifs is 1. The second-order valence-corrected chi connectivity index (χ2v) is 8.06. The number of carbonyl (C=O) groups excluding carboxylic acids is 1. The van der Waals surface area contributed by atoms with Gasteiger partial charge in [0.05, 0.1) is 16.9 Å². The molecule has 0 saturated carbocycles. The maximum atomic E-state index is 13.0. The minimum Gasteiger partial charge on any atom is -0.355 e. The van der Waals surface area contributed by atoms with Crippen molar-refractivity contribution >= 4 is 28.0 Å². The molecule has 7 heteroatoms. The molecule has 1 N–H and O–H groups in total. The van der Waals surface area contributed by atoms with Crippen molar-refractivity contribution in [1.29, 1.82) is 0 Å². The van der Waals surface area contributed by atoms with Crippen LogP contribution in [0.1, 0.15) is 15.9 Å². The molecule has 0 aliphatic carbocycles. The molecule has 0 aliphatic heterocycles. The summed E-state index contributed by atoms with van der Waals surface area (Å²) in [5, 5.41) is 10.9. The van der Waals surface area contributed by atoms with E-state index < -0.39 is 0 Å². The van der Waals surface area contributed by atoms with E-state index >= 15 is 0 Å². The molecule has 4 rings (SSSR count). The van der Waals surface area contributed by atoms with Gasteiger partial charge in [-0.3, -0.25) is 14.5 Å². The molecule has 0 aliphatic rings. The number of nitrogens with zero attached hydrogens (tertiary/aromatic N) is 3. The second-order valence-electron chi connectivity index (χ2n) is 7.11. The van der Waals surface area contributed by atoms with E-state index in [0.717, 1.165) is 21.5 Å². The summed E-state index contributed by atoms with van der Waals surface area (Å²) in [5.41, 5.74) is 2.39. The highest BCUT2D eigenvalue weighted by Crippen LogP contribution is 2.28. The van der Waals surface area contributed by atoms with E-state index in [1.807, 2.05) is 65.9 Å². The Hall–Kier alpha value is -3.29. The number of thiophene rings is 1. The summed E-state index contributed by atoms with van der Waals surface area (Å²) in [7, 11) is 3.56. The molecule has 152 valence electrons. The Morgan fingerprint density at radius 3 is 2.47 bits per heavy atom. The van der Waals surface area contributed by atoms with Crippen LogP contribution in [0.2, 0.25) is 0 Å². The van der Waals surface area contributed by atoms with E-state index in [2.05, 4.69) is 5.32 Å². The van der Waals surface area contributed by atoms with Gasteiger partial charge in [0, 0.05) is 24.5 Å². The lowest BCUT2D eigenvalue weighted by Crippen LogP contribution is -2.32. The number of hydrogen-bond donors (Lipinski definition) is 1. The van der Waals surface area contributed by atoms with E-state index in [1.54, 1.807) is 30.5 Å². The Morgan fingerprint density at radius 2 is 1.80 bits per heavy atom. The maximum absolute atomic E-state index is 13.0. The third kappa shape index (κ3) is 4.03. The number of hydrogen-bond acceptors (Lipinski definition) is 5. The normalized spacial score (nSPS) is 11.2. The molecule has 0 atom stereocenters. The fourth-order valence-electron chi connectivity index (χ4n) is 3.42. The Balaban J connectivity index is 1.61. The maximum Gasteiger partial charge on any atom is 0.275 e. The Labute approximate surface area is 178 Å². The Kier molecular flexibility index (Phi) is 5.74. The zero-order valence-corrected chi connectivity index (χ0v) is 17.6. The molecule has 2 heterocycles. The van der Waals surface area contributed by atoms with Gasteiger partial charge in [-0.15, -0.1) is 11.3 Å².